The molecule has 2 heterocycles. The first kappa shape index (κ1) is 31.6. The molecule has 0 atom stereocenters. The van der Waals surface area contributed by atoms with E-state index in [1.54, 1.807) is 21.3 Å². The zero-order valence-electron chi connectivity index (χ0n) is 22.7. The van der Waals surface area contributed by atoms with Gasteiger partial charge in [-0.3, -0.25) is 4.79 Å². The van der Waals surface area contributed by atoms with E-state index in [4.69, 9.17) is 24.1 Å². The Bertz CT molecular complexity index is 986. The van der Waals surface area contributed by atoms with Crippen molar-refractivity contribution in [2.75, 3.05) is 21.3 Å². The van der Waals surface area contributed by atoms with E-state index < -0.39 is 0 Å². The topological polar surface area (TPSA) is 69.9 Å². The maximum atomic E-state index is 8.36. The van der Waals surface area contributed by atoms with Gasteiger partial charge in [0.1, 0.15) is 5.76 Å². The smallest absolute Gasteiger partial charge is 0.290 e. The van der Waals surface area contributed by atoms with Crippen LogP contribution < -0.4 is 9.47 Å². The van der Waals surface area contributed by atoms with Crippen LogP contribution in [0.4, 0.5) is 0 Å². The number of benzene rings is 1. The molecule has 0 saturated heterocycles. The lowest BCUT2D eigenvalue weighted by Crippen LogP contribution is -2.12. The van der Waals surface area contributed by atoms with Crippen LogP contribution in [0.2, 0.25) is 0 Å². The maximum absolute atomic E-state index is 8.36. The lowest BCUT2D eigenvalue weighted by atomic mass is 9.95. The fourth-order valence-corrected chi connectivity index (χ4v) is 4.11. The number of rotatable bonds is 7. The van der Waals surface area contributed by atoms with Crippen LogP contribution in [-0.2, 0) is 28.9 Å². The monoisotopic (exact) mass is 485 g/mol. The molecule has 0 amide bonds. The Morgan fingerprint density at radius 1 is 1.11 bits per heavy atom. The van der Waals surface area contributed by atoms with Crippen LogP contribution in [0.25, 0.3) is 11.3 Å². The Labute approximate surface area is 211 Å². The molecule has 1 aromatic carbocycles. The van der Waals surface area contributed by atoms with Crippen LogP contribution in [0, 0.1) is 13.8 Å². The Morgan fingerprint density at radius 3 is 2.20 bits per heavy atom. The SMILES string of the molecule is C=C.CC.CC/C=C\C(=C/Cc1c(C)c2n(c1C)CCc1cc(OC)c(OC)cc1-2)OC.O=CO. The number of fused-ring (bicyclic) bond motifs is 3. The van der Waals surface area contributed by atoms with Crippen molar-refractivity contribution < 1.29 is 24.1 Å². The molecule has 3 rings (SSSR count). The molecule has 0 aliphatic carbocycles. The molecule has 2 aromatic rings. The van der Waals surface area contributed by atoms with Gasteiger partial charge in [0.2, 0.25) is 0 Å². The molecule has 194 valence electrons. The second-order valence-electron chi connectivity index (χ2n) is 7.23. The predicted octanol–water partition coefficient (Wildman–Crippen LogP) is 6.91. The minimum atomic E-state index is -0.250. The highest BCUT2D eigenvalue weighted by molar-refractivity contribution is 5.75. The summed E-state index contributed by atoms with van der Waals surface area (Å²) in [7, 11) is 5.11. The summed E-state index contributed by atoms with van der Waals surface area (Å²) in [6.45, 7) is 17.3. The largest absolute Gasteiger partial charge is 0.497 e. The molecule has 0 unspecified atom stereocenters. The van der Waals surface area contributed by atoms with E-state index >= 15 is 0 Å². The quantitative estimate of drug-likeness (QED) is 0.200. The molecule has 35 heavy (non-hydrogen) atoms. The Kier molecular flexibility index (Phi) is 15.4. The molecular formula is C29H43NO5. The highest BCUT2D eigenvalue weighted by Gasteiger charge is 2.25. The zero-order valence-corrected chi connectivity index (χ0v) is 22.7. The Morgan fingerprint density at radius 2 is 1.69 bits per heavy atom. The van der Waals surface area contributed by atoms with E-state index in [0.717, 1.165) is 43.1 Å². The molecule has 0 saturated carbocycles. The number of carbonyl (C=O) groups is 1. The van der Waals surface area contributed by atoms with Crippen molar-refractivity contribution in [2.24, 2.45) is 0 Å². The Hall–Kier alpha value is -3.41. The molecule has 6 nitrogen and oxygen atoms in total. The van der Waals surface area contributed by atoms with Crippen molar-refractivity contribution in [3.8, 4) is 22.8 Å². The van der Waals surface area contributed by atoms with Gasteiger partial charge in [-0.1, -0.05) is 26.8 Å². The average Bonchev–Trinajstić information content (AvgIpc) is 3.15. The Balaban J connectivity index is 0.00000150. The van der Waals surface area contributed by atoms with Gasteiger partial charge >= 0.3 is 0 Å². The maximum Gasteiger partial charge on any atom is 0.290 e. The van der Waals surface area contributed by atoms with Gasteiger partial charge < -0.3 is 23.9 Å². The predicted molar refractivity (Wildman–Crippen MR) is 146 cm³/mol. The molecule has 0 spiro atoms. The highest BCUT2D eigenvalue weighted by atomic mass is 16.5. The zero-order chi connectivity index (χ0) is 27.0. The van der Waals surface area contributed by atoms with Crippen molar-refractivity contribution in [1.29, 1.82) is 0 Å². The number of hydrogen-bond donors (Lipinski definition) is 1. The van der Waals surface area contributed by atoms with Gasteiger partial charge in [-0.25, -0.2) is 0 Å². The lowest BCUT2D eigenvalue weighted by Gasteiger charge is -2.23. The van der Waals surface area contributed by atoms with E-state index in [2.05, 4.69) is 62.8 Å². The van der Waals surface area contributed by atoms with E-state index in [-0.39, 0.29) is 6.47 Å². The number of nitrogens with zero attached hydrogens (tertiary/aromatic N) is 1. The first-order valence-corrected chi connectivity index (χ1v) is 11.9. The molecule has 0 fully saturated rings. The summed E-state index contributed by atoms with van der Waals surface area (Å²) in [5.41, 5.74) is 7.90. The standard InChI is InChI=1S/C24H31NO3.C2H6.C2H4.CH2O2/c1-7-8-9-19(26-4)10-11-20-16(2)24-21-15-23(28-6)22(27-5)14-18(21)12-13-25(24)17(20)3;2*1-2;2-1-3/h8-10,14-15H,7,11-13H2,1-6H3;1-2H3;1-2H2;1H,(H,2,3)/b9-8-,19-10+;;;. The minimum absolute atomic E-state index is 0.250. The molecule has 1 aliphatic rings. The summed E-state index contributed by atoms with van der Waals surface area (Å²) in [6.07, 6.45) is 9.19. The van der Waals surface area contributed by atoms with E-state index in [1.807, 2.05) is 19.9 Å². The van der Waals surface area contributed by atoms with Gasteiger partial charge in [-0.15, -0.1) is 13.2 Å². The number of methoxy groups -OCH3 is 3. The van der Waals surface area contributed by atoms with Gasteiger partial charge in [0, 0.05) is 17.8 Å². The minimum Gasteiger partial charge on any atom is -0.497 e. The number of aryl methyl sites for hydroxylation is 1. The van der Waals surface area contributed by atoms with Crippen LogP contribution in [-0.4, -0.2) is 37.5 Å². The number of aromatic nitrogens is 1. The summed E-state index contributed by atoms with van der Waals surface area (Å²) < 4.78 is 19.0. The third kappa shape index (κ3) is 7.81. The average molecular weight is 486 g/mol. The van der Waals surface area contributed by atoms with Gasteiger partial charge in [-0.05, 0) is 74.1 Å². The van der Waals surface area contributed by atoms with Crippen LogP contribution in [0.3, 0.4) is 0 Å². The number of hydrogen-bond acceptors (Lipinski definition) is 4. The summed E-state index contributed by atoms with van der Waals surface area (Å²) in [4.78, 5) is 8.36. The lowest BCUT2D eigenvalue weighted by molar-refractivity contribution is -0.122. The third-order valence-electron chi connectivity index (χ3n) is 5.65. The van der Waals surface area contributed by atoms with Crippen LogP contribution in [0.1, 0.15) is 49.6 Å². The molecule has 0 radical (unpaired) electrons. The van der Waals surface area contributed by atoms with Crippen LogP contribution in [0.15, 0.2) is 49.3 Å². The molecular weight excluding hydrogens is 442 g/mol. The molecule has 1 aliphatic heterocycles. The van der Waals surface area contributed by atoms with Gasteiger partial charge in [0.25, 0.3) is 6.47 Å². The second-order valence-corrected chi connectivity index (χ2v) is 7.23. The second kappa shape index (κ2) is 17.1. The summed E-state index contributed by atoms with van der Waals surface area (Å²) in [5, 5.41) is 6.89. The normalized spacial score (nSPS) is 11.4. The number of carboxylic acid groups (broad SMARTS) is 1. The fraction of sp³-hybridized carbons (Fsp3) is 0.414. The van der Waals surface area contributed by atoms with Crippen molar-refractivity contribution in [2.45, 2.75) is 60.4 Å². The van der Waals surface area contributed by atoms with Crippen molar-refractivity contribution in [1.82, 2.24) is 4.57 Å². The van der Waals surface area contributed by atoms with E-state index in [0.29, 0.717) is 0 Å². The van der Waals surface area contributed by atoms with Crippen molar-refractivity contribution >= 4 is 6.47 Å². The first-order valence-electron chi connectivity index (χ1n) is 11.9. The van der Waals surface area contributed by atoms with Gasteiger partial charge in [0.05, 0.1) is 27.0 Å². The van der Waals surface area contributed by atoms with Crippen molar-refractivity contribution in [3.63, 3.8) is 0 Å². The molecule has 1 aromatic heterocycles. The van der Waals surface area contributed by atoms with E-state index in [9.17, 15) is 0 Å². The number of ether oxygens (including phenoxy) is 3. The third-order valence-corrected chi connectivity index (χ3v) is 5.65. The number of allylic oxidation sites excluding steroid dienone is 3. The molecule has 6 heteroatoms. The first-order chi connectivity index (χ1) is 17.0. The van der Waals surface area contributed by atoms with Crippen LogP contribution >= 0.6 is 0 Å². The fourth-order valence-electron chi connectivity index (χ4n) is 4.11. The van der Waals surface area contributed by atoms with Gasteiger partial charge in [-0.2, -0.15) is 0 Å². The van der Waals surface area contributed by atoms with E-state index in [1.165, 1.54) is 33.6 Å². The molecule has 0 bridgehead atoms. The van der Waals surface area contributed by atoms with Crippen molar-refractivity contribution in [3.05, 3.63) is 71.7 Å². The highest BCUT2D eigenvalue weighted by Crippen LogP contribution is 2.42. The summed E-state index contributed by atoms with van der Waals surface area (Å²) >= 11 is 0. The molecule has 1 N–H and O–H groups in total. The summed E-state index contributed by atoms with van der Waals surface area (Å²) in [6, 6.07) is 4.24. The van der Waals surface area contributed by atoms with Crippen LogP contribution in [0.5, 0.6) is 11.5 Å². The van der Waals surface area contributed by atoms with Gasteiger partial charge in [0.15, 0.2) is 11.5 Å². The summed E-state index contributed by atoms with van der Waals surface area (Å²) in [5.74, 6) is 2.49.